The third-order valence-corrected chi connectivity index (χ3v) is 6.49. The molecule has 0 saturated heterocycles. The van der Waals surface area contributed by atoms with E-state index in [9.17, 15) is 24.5 Å². The van der Waals surface area contributed by atoms with Crippen molar-refractivity contribution in [1.82, 2.24) is 20.4 Å². The normalized spacial score (nSPS) is 10.7. The van der Waals surface area contributed by atoms with Crippen molar-refractivity contribution in [3.63, 3.8) is 0 Å². The highest BCUT2D eigenvalue weighted by atomic mass is 32.2. The maximum atomic E-state index is 13.4. The van der Waals surface area contributed by atoms with Crippen molar-refractivity contribution >= 4 is 40.2 Å². The van der Waals surface area contributed by atoms with Crippen molar-refractivity contribution in [3.05, 3.63) is 104 Å². The Morgan fingerprint density at radius 2 is 1.72 bits per heavy atom. The van der Waals surface area contributed by atoms with E-state index in [1.807, 2.05) is 32.0 Å². The molecular formula is C25H21N5O5S. The van der Waals surface area contributed by atoms with Gasteiger partial charge >= 0.3 is 0 Å². The zero-order valence-corrected chi connectivity index (χ0v) is 20.2. The Balaban J connectivity index is 1.53. The minimum Gasteiger partial charge on any atom is -0.272 e. The molecule has 0 radical (unpaired) electrons. The van der Waals surface area contributed by atoms with Gasteiger partial charge < -0.3 is 0 Å². The van der Waals surface area contributed by atoms with Crippen molar-refractivity contribution in [3.8, 4) is 5.69 Å². The molecule has 1 heterocycles. The Kier molecular flexibility index (Phi) is 7.11. The highest BCUT2D eigenvalue weighted by Gasteiger charge is 2.17. The maximum Gasteiger partial charge on any atom is 0.269 e. The molecule has 11 heteroatoms. The first-order chi connectivity index (χ1) is 17.3. The zero-order chi connectivity index (χ0) is 25.8. The van der Waals surface area contributed by atoms with E-state index < -0.39 is 16.7 Å². The fourth-order valence-corrected chi connectivity index (χ4v) is 4.30. The first-order valence-corrected chi connectivity index (χ1v) is 11.8. The molecule has 0 atom stereocenters. The quantitative estimate of drug-likeness (QED) is 0.178. The fraction of sp³-hybridized carbons (Fsp3) is 0.120. The zero-order valence-electron chi connectivity index (χ0n) is 19.3. The van der Waals surface area contributed by atoms with Crippen molar-refractivity contribution in [1.29, 1.82) is 0 Å². The number of fused-ring (bicyclic) bond motifs is 1. The third kappa shape index (κ3) is 5.10. The number of hydrazine groups is 1. The van der Waals surface area contributed by atoms with Crippen LogP contribution in [0.25, 0.3) is 16.6 Å². The highest BCUT2D eigenvalue weighted by molar-refractivity contribution is 7.99. The number of nitrogens with zero attached hydrogens (tertiary/aromatic N) is 3. The molecular weight excluding hydrogens is 482 g/mol. The minimum atomic E-state index is -0.626. The van der Waals surface area contributed by atoms with E-state index in [0.717, 1.165) is 22.9 Å². The monoisotopic (exact) mass is 503 g/mol. The molecule has 4 aromatic rings. The van der Waals surface area contributed by atoms with E-state index in [0.29, 0.717) is 21.7 Å². The van der Waals surface area contributed by atoms with E-state index in [-0.39, 0.29) is 22.6 Å². The Morgan fingerprint density at radius 1 is 1.00 bits per heavy atom. The molecule has 0 aliphatic rings. The van der Waals surface area contributed by atoms with Crippen LogP contribution in [0, 0.1) is 24.0 Å². The van der Waals surface area contributed by atoms with Crippen LogP contribution in [0.2, 0.25) is 0 Å². The largest absolute Gasteiger partial charge is 0.272 e. The molecule has 0 unspecified atom stereocenters. The molecule has 2 amide bonds. The van der Waals surface area contributed by atoms with Gasteiger partial charge in [0.25, 0.3) is 17.2 Å². The highest BCUT2D eigenvalue weighted by Crippen LogP contribution is 2.24. The summed E-state index contributed by atoms with van der Waals surface area (Å²) >= 11 is 1.06. The van der Waals surface area contributed by atoms with Gasteiger partial charge in [-0.15, -0.1) is 0 Å². The van der Waals surface area contributed by atoms with E-state index >= 15 is 0 Å². The summed E-state index contributed by atoms with van der Waals surface area (Å²) in [6, 6.07) is 17.6. The predicted octanol–water partition coefficient (Wildman–Crippen LogP) is 3.46. The number of hydrogen-bond donors (Lipinski definition) is 2. The van der Waals surface area contributed by atoms with Crippen molar-refractivity contribution in [2.45, 2.75) is 19.0 Å². The molecule has 36 heavy (non-hydrogen) atoms. The van der Waals surface area contributed by atoms with Crippen LogP contribution in [0.5, 0.6) is 0 Å². The van der Waals surface area contributed by atoms with Gasteiger partial charge in [0.15, 0.2) is 5.16 Å². The van der Waals surface area contributed by atoms with Crippen molar-refractivity contribution in [2.75, 3.05) is 5.75 Å². The fourth-order valence-electron chi connectivity index (χ4n) is 3.50. The summed E-state index contributed by atoms with van der Waals surface area (Å²) in [6.45, 7) is 3.87. The van der Waals surface area contributed by atoms with Gasteiger partial charge in [-0.1, -0.05) is 36.0 Å². The molecule has 1 aromatic heterocycles. The second-order valence-electron chi connectivity index (χ2n) is 7.87. The van der Waals surface area contributed by atoms with Crippen LogP contribution in [0.4, 0.5) is 5.69 Å². The molecule has 0 fully saturated rings. The standard InChI is InChI=1S/C25H21N5O5S/c1-15-6-5-9-21(16(15)2)29-24(33)19-7-3-4-8-20(19)26-25(29)36-14-22(31)27-28-23(32)17-10-12-18(13-11-17)30(34)35/h3-13H,14H2,1-2H3,(H,27,31)(H,28,32). The number of non-ortho nitro benzene ring substituents is 1. The molecule has 0 spiro atoms. The van der Waals surface area contributed by atoms with Gasteiger partial charge in [-0.3, -0.25) is 39.9 Å². The molecule has 0 aliphatic carbocycles. The smallest absolute Gasteiger partial charge is 0.269 e. The lowest BCUT2D eigenvalue weighted by atomic mass is 10.1. The number of nitro groups is 1. The molecule has 4 rings (SSSR count). The number of benzene rings is 3. The van der Waals surface area contributed by atoms with Crippen LogP contribution in [0.3, 0.4) is 0 Å². The summed E-state index contributed by atoms with van der Waals surface area (Å²) in [6.07, 6.45) is 0. The van der Waals surface area contributed by atoms with E-state index in [1.165, 1.54) is 28.8 Å². The average molecular weight is 504 g/mol. The lowest BCUT2D eigenvalue weighted by molar-refractivity contribution is -0.384. The topological polar surface area (TPSA) is 136 Å². The van der Waals surface area contributed by atoms with Gasteiger partial charge in [-0.2, -0.15) is 0 Å². The summed E-state index contributed by atoms with van der Waals surface area (Å²) in [5, 5.41) is 11.5. The second-order valence-corrected chi connectivity index (χ2v) is 8.81. The molecule has 0 bridgehead atoms. The van der Waals surface area contributed by atoms with Crippen molar-refractivity contribution in [2.24, 2.45) is 0 Å². The number of para-hydroxylation sites is 1. The molecule has 2 N–H and O–H groups in total. The van der Waals surface area contributed by atoms with Crippen LogP contribution >= 0.6 is 11.8 Å². The summed E-state index contributed by atoms with van der Waals surface area (Å²) < 4.78 is 1.50. The van der Waals surface area contributed by atoms with E-state index in [1.54, 1.807) is 24.3 Å². The number of carbonyl (C=O) groups is 2. The molecule has 10 nitrogen and oxygen atoms in total. The number of nitro benzene ring substituents is 1. The van der Waals surface area contributed by atoms with E-state index in [4.69, 9.17) is 0 Å². The lowest BCUT2D eigenvalue weighted by Crippen LogP contribution is -2.42. The van der Waals surface area contributed by atoms with Crippen molar-refractivity contribution < 1.29 is 14.5 Å². The number of rotatable bonds is 6. The Hall–Kier alpha value is -4.51. The van der Waals surface area contributed by atoms with Gasteiger partial charge in [-0.05, 0) is 55.3 Å². The maximum absolute atomic E-state index is 13.4. The summed E-state index contributed by atoms with van der Waals surface area (Å²) in [7, 11) is 0. The predicted molar refractivity (Wildman–Crippen MR) is 136 cm³/mol. The van der Waals surface area contributed by atoms with E-state index in [2.05, 4.69) is 15.8 Å². The van der Waals surface area contributed by atoms with Gasteiger partial charge in [0.1, 0.15) is 0 Å². The first-order valence-electron chi connectivity index (χ1n) is 10.8. The van der Waals surface area contributed by atoms with Crippen LogP contribution in [0.15, 0.2) is 76.7 Å². The number of thioether (sulfide) groups is 1. The third-order valence-electron chi connectivity index (χ3n) is 5.55. The number of aromatic nitrogens is 2. The van der Waals surface area contributed by atoms with Crippen LogP contribution in [0.1, 0.15) is 21.5 Å². The number of aryl methyl sites for hydroxylation is 1. The van der Waals surface area contributed by atoms with Gasteiger partial charge in [-0.25, -0.2) is 4.98 Å². The summed E-state index contributed by atoms with van der Waals surface area (Å²) in [4.78, 5) is 52.9. The number of carbonyl (C=O) groups excluding carboxylic acids is 2. The number of nitrogens with one attached hydrogen (secondary N) is 2. The van der Waals surface area contributed by atoms with Crippen LogP contribution in [-0.4, -0.2) is 32.0 Å². The summed E-state index contributed by atoms with van der Waals surface area (Å²) in [5.41, 5.74) is 7.45. The molecule has 3 aromatic carbocycles. The molecule has 182 valence electrons. The Labute approximate surface area is 209 Å². The lowest BCUT2D eigenvalue weighted by Gasteiger charge is -2.16. The Morgan fingerprint density at radius 3 is 2.44 bits per heavy atom. The molecule has 0 saturated carbocycles. The number of hydrogen-bond acceptors (Lipinski definition) is 7. The minimum absolute atomic E-state index is 0.129. The SMILES string of the molecule is Cc1cccc(-n2c(SCC(=O)NNC(=O)c3ccc([N+](=O)[O-])cc3)nc3ccccc3c2=O)c1C. The summed E-state index contributed by atoms with van der Waals surface area (Å²) in [5.74, 6) is -1.28. The van der Waals surface area contributed by atoms with Gasteiger partial charge in [0.2, 0.25) is 5.91 Å². The second kappa shape index (κ2) is 10.4. The molecule has 0 aliphatic heterocycles. The van der Waals surface area contributed by atoms with Crippen LogP contribution in [-0.2, 0) is 4.79 Å². The number of amides is 2. The van der Waals surface area contributed by atoms with Gasteiger partial charge in [0, 0.05) is 17.7 Å². The van der Waals surface area contributed by atoms with Gasteiger partial charge in [0.05, 0.1) is 27.3 Å². The Bertz CT molecular complexity index is 1550. The average Bonchev–Trinajstić information content (AvgIpc) is 2.88. The first kappa shape index (κ1) is 24.6. The van der Waals surface area contributed by atoms with Crippen LogP contribution < -0.4 is 16.4 Å².